The number of hydrogen-bond acceptors (Lipinski definition) is 0. The van der Waals surface area contributed by atoms with Crippen molar-refractivity contribution < 1.29 is 0 Å². The third-order valence-corrected chi connectivity index (χ3v) is 6.58. The van der Waals surface area contributed by atoms with Crippen molar-refractivity contribution in [2.24, 2.45) is 0 Å². The summed E-state index contributed by atoms with van der Waals surface area (Å²) in [5.41, 5.74) is 1.58. The summed E-state index contributed by atoms with van der Waals surface area (Å²) in [6, 6.07) is 0. The molecule has 0 N–H and O–H groups in total. The first-order valence-electron chi connectivity index (χ1n) is 15.2. The highest BCUT2D eigenvalue weighted by atomic mass is 14.0. The van der Waals surface area contributed by atoms with E-state index in [-0.39, 0.29) is 0 Å². The van der Waals surface area contributed by atoms with E-state index in [1.807, 2.05) is 0 Å². The van der Waals surface area contributed by atoms with Crippen molar-refractivity contribution >= 4 is 0 Å². The standard InChI is InChI=1S/C33H61/c1-4-7-9-11-13-15-17-18-19-20-21-23-25-27-29-32-33(30-6-3)31-28-26-24-22-16-14-12-10-8-5-2/h18-19,24,26,30,32H,4-17,20-23,25,27-29,31H2,1-3H3. The maximum Gasteiger partial charge on any atom is -0.0140 e. The zero-order valence-corrected chi connectivity index (χ0v) is 23.2. The number of hydrogen-bond donors (Lipinski definition) is 0. The van der Waals surface area contributed by atoms with Crippen molar-refractivity contribution in [2.75, 3.05) is 0 Å². The summed E-state index contributed by atoms with van der Waals surface area (Å²) in [7, 11) is 0. The van der Waals surface area contributed by atoms with Gasteiger partial charge < -0.3 is 0 Å². The molecule has 0 unspecified atom stereocenters. The van der Waals surface area contributed by atoms with E-state index in [0.717, 1.165) is 0 Å². The first kappa shape index (κ1) is 32.2. The molecule has 0 amide bonds. The molecule has 0 aliphatic rings. The molecule has 0 heterocycles. The normalized spacial score (nSPS) is 12.5. The molecule has 0 rings (SSSR count). The molecule has 0 aromatic rings. The van der Waals surface area contributed by atoms with Crippen molar-refractivity contribution in [1.29, 1.82) is 0 Å². The Morgan fingerprint density at radius 2 is 0.818 bits per heavy atom. The maximum atomic E-state index is 2.52. The van der Waals surface area contributed by atoms with Gasteiger partial charge in [-0.15, -0.1) is 0 Å². The second-order valence-corrected chi connectivity index (χ2v) is 9.98. The highest BCUT2D eigenvalue weighted by Crippen LogP contribution is 2.16. The van der Waals surface area contributed by atoms with Gasteiger partial charge in [-0.3, -0.25) is 0 Å². The summed E-state index contributed by atoms with van der Waals surface area (Å²) in [5, 5.41) is 0. The molecule has 33 heavy (non-hydrogen) atoms. The zero-order valence-electron chi connectivity index (χ0n) is 23.2. The molecule has 0 aromatic carbocycles. The van der Waals surface area contributed by atoms with Crippen LogP contribution in [0.15, 0.2) is 36.0 Å². The molecule has 0 fully saturated rings. The van der Waals surface area contributed by atoms with Gasteiger partial charge in [-0.2, -0.15) is 0 Å². The van der Waals surface area contributed by atoms with Crippen LogP contribution >= 0.6 is 0 Å². The Balaban J connectivity index is 3.61. The van der Waals surface area contributed by atoms with Gasteiger partial charge in [-0.05, 0) is 77.0 Å². The van der Waals surface area contributed by atoms with Gasteiger partial charge in [-0.25, -0.2) is 0 Å². The van der Waals surface area contributed by atoms with Crippen molar-refractivity contribution in [2.45, 2.75) is 168 Å². The molecule has 0 aromatic heterocycles. The van der Waals surface area contributed by atoms with Crippen LogP contribution in [0.3, 0.4) is 0 Å². The van der Waals surface area contributed by atoms with E-state index in [2.05, 4.69) is 57.6 Å². The molecule has 1 radical (unpaired) electrons. The average molecular weight is 458 g/mol. The van der Waals surface area contributed by atoms with Crippen LogP contribution in [0.1, 0.15) is 168 Å². The Kier molecular flexibility index (Phi) is 28.6. The summed E-state index contributed by atoms with van der Waals surface area (Å²) in [6.07, 6.45) is 45.7. The number of unbranched alkanes of at least 4 members (excludes halogenated alkanes) is 17. The molecule has 0 saturated carbocycles. The summed E-state index contributed by atoms with van der Waals surface area (Å²) < 4.78 is 0. The van der Waals surface area contributed by atoms with Crippen LogP contribution in [0.4, 0.5) is 0 Å². The molecule has 193 valence electrons. The fourth-order valence-corrected chi connectivity index (χ4v) is 4.40. The SMILES string of the molecule is CC[CH]C(=CCCCCCCC=CCCCCCCCC)CCC=CCCCCCCCC. The van der Waals surface area contributed by atoms with Crippen LogP contribution in [0, 0.1) is 6.42 Å². The molecule has 0 atom stereocenters. The van der Waals surface area contributed by atoms with Crippen LogP contribution in [-0.4, -0.2) is 0 Å². The van der Waals surface area contributed by atoms with E-state index in [4.69, 9.17) is 0 Å². The smallest absolute Gasteiger partial charge is 0.0140 e. The Hall–Kier alpha value is -0.780. The highest BCUT2D eigenvalue weighted by Gasteiger charge is 1.97. The molecule has 0 aliphatic heterocycles. The van der Waals surface area contributed by atoms with Gasteiger partial charge in [0.1, 0.15) is 0 Å². The quantitative estimate of drug-likeness (QED) is 0.0894. The topological polar surface area (TPSA) is 0 Å². The zero-order chi connectivity index (χ0) is 24.1. The third-order valence-electron chi connectivity index (χ3n) is 6.58. The van der Waals surface area contributed by atoms with E-state index in [1.165, 1.54) is 148 Å². The predicted molar refractivity (Wildman–Crippen MR) is 154 cm³/mol. The molecule has 0 spiro atoms. The lowest BCUT2D eigenvalue weighted by Crippen LogP contribution is -1.86. The van der Waals surface area contributed by atoms with Crippen molar-refractivity contribution in [3.05, 3.63) is 42.4 Å². The predicted octanol–water partition coefficient (Wildman–Crippen LogP) is 12.3. The molecular weight excluding hydrogens is 396 g/mol. The van der Waals surface area contributed by atoms with E-state index < -0.39 is 0 Å². The molecule has 0 heteroatoms. The maximum absolute atomic E-state index is 2.52. The number of rotatable bonds is 26. The third kappa shape index (κ3) is 27.3. The Morgan fingerprint density at radius 3 is 1.27 bits per heavy atom. The number of allylic oxidation sites excluding steroid dienone is 6. The summed E-state index contributed by atoms with van der Waals surface area (Å²) in [5.74, 6) is 0. The van der Waals surface area contributed by atoms with Crippen molar-refractivity contribution in [1.82, 2.24) is 0 Å². The summed E-state index contributed by atoms with van der Waals surface area (Å²) in [6.45, 7) is 6.85. The van der Waals surface area contributed by atoms with E-state index in [9.17, 15) is 0 Å². The first-order chi connectivity index (χ1) is 16.3. The van der Waals surface area contributed by atoms with Gasteiger partial charge in [0.2, 0.25) is 0 Å². The fourth-order valence-electron chi connectivity index (χ4n) is 4.40. The van der Waals surface area contributed by atoms with E-state index in [0.29, 0.717) is 0 Å². The Morgan fingerprint density at radius 1 is 0.424 bits per heavy atom. The summed E-state index contributed by atoms with van der Waals surface area (Å²) in [4.78, 5) is 0. The van der Waals surface area contributed by atoms with Gasteiger partial charge in [0, 0.05) is 0 Å². The minimum atomic E-state index is 1.17. The van der Waals surface area contributed by atoms with Gasteiger partial charge in [-0.1, -0.05) is 134 Å². The fraction of sp³-hybridized carbons (Fsp3) is 0.788. The van der Waals surface area contributed by atoms with E-state index in [1.54, 1.807) is 5.57 Å². The van der Waals surface area contributed by atoms with Gasteiger partial charge in [0.15, 0.2) is 0 Å². The lowest BCUT2D eigenvalue weighted by Gasteiger charge is -2.05. The van der Waals surface area contributed by atoms with Gasteiger partial charge in [0.25, 0.3) is 0 Å². The molecule has 0 saturated heterocycles. The lowest BCUT2D eigenvalue weighted by molar-refractivity contribution is 0.610. The summed E-state index contributed by atoms with van der Waals surface area (Å²) >= 11 is 0. The van der Waals surface area contributed by atoms with Crippen molar-refractivity contribution in [3.63, 3.8) is 0 Å². The second-order valence-electron chi connectivity index (χ2n) is 9.98. The van der Waals surface area contributed by atoms with Gasteiger partial charge in [0.05, 0.1) is 0 Å². The minimum absolute atomic E-state index is 1.17. The minimum Gasteiger partial charge on any atom is -0.0885 e. The first-order valence-corrected chi connectivity index (χ1v) is 15.2. The Labute approximate surface area is 210 Å². The van der Waals surface area contributed by atoms with E-state index >= 15 is 0 Å². The molecule has 0 bridgehead atoms. The average Bonchev–Trinajstić information content (AvgIpc) is 2.82. The van der Waals surface area contributed by atoms with Crippen LogP contribution < -0.4 is 0 Å². The largest absolute Gasteiger partial charge is 0.0885 e. The lowest BCUT2D eigenvalue weighted by atomic mass is 10.0. The van der Waals surface area contributed by atoms with Crippen LogP contribution in [-0.2, 0) is 0 Å². The van der Waals surface area contributed by atoms with Crippen LogP contribution in [0.2, 0.25) is 0 Å². The van der Waals surface area contributed by atoms with Crippen molar-refractivity contribution in [3.8, 4) is 0 Å². The van der Waals surface area contributed by atoms with Crippen LogP contribution in [0.5, 0.6) is 0 Å². The monoisotopic (exact) mass is 457 g/mol. The van der Waals surface area contributed by atoms with Crippen LogP contribution in [0.25, 0.3) is 0 Å². The highest BCUT2D eigenvalue weighted by molar-refractivity contribution is 5.13. The Bertz CT molecular complexity index is 439. The molecule has 0 aliphatic carbocycles. The van der Waals surface area contributed by atoms with Gasteiger partial charge >= 0.3 is 0 Å². The molecular formula is C33H61. The molecule has 0 nitrogen and oxygen atoms in total. The second kappa shape index (κ2) is 29.3.